The molecular formula is C17H22N4O3. The van der Waals surface area contributed by atoms with E-state index < -0.39 is 0 Å². The maximum absolute atomic E-state index is 12.1. The Labute approximate surface area is 141 Å². The third kappa shape index (κ3) is 4.33. The summed E-state index contributed by atoms with van der Waals surface area (Å²) in [6.45, 7) is 5.39. The monoisotopic (exact) mass is 330 g/mol. The van der Waals surface area contributed by atoms with Crippen molar-refractivity contribution < 1.29 is 13.9 Å². The Morgan fingerprint density at radius 1 is 1.33 bits per heavy atom. The number of nitrogens with zero attached hydrogens (tertiary/aromatic N) is 2. The summed E-state index contributed by atoms with van der Waals surface area (Å²) in [7, 11) is 0. The van der Waals surface area contributed by atoms with E-state index in [0.29, 0.717) is 25.4 Å². The number of morpholine rings is 1. The lowest BCUT2D eigenvalue weighted by atomic mass is 10.1. The highest BCUT2D eigenvalue weighted by molar-refractivity contribution is 5.88. The topological polar surface area (TPSA) is 79.6 Å². The van der Waals surface area contributed by atoms with Crippen LogP contribution in [0.3, 0.4) is 0 Å². The zero-order valence-corrected chi connectivity index (χ0v) is 13.7. The summed E-state index contributed by atoms with van der Waals surface area (Å²) in [5.41, 5.74) is 0.659. The molecule has 3 heterocycles. The Kier molecular flexibility index (Phi) is 5.45. The second-order valence-corrected chi connectivity index (χ2v) is 5.69. The predicted molar refractivity (Wildman–Crippen MR) is 89.8 cm³/mol. The maximum Gasteiger partial charge on any atom is 0.319 e. The van der Waals surface area contributed by atoms with E-state index in [9.17, 15) is 4.79 Å². The third-order valence-electron chi connectivity index (χ3n) is 3.95. The number of carbonyl (C=O) groups is 1. The second kappa shape index (κ2) is 7.94. The Balaban J connectivity index is 1.62. The van der Waals surface area contributed by atoms with Gasteiger partial charge >= 0.3 is 6.03 Å². The van der Waals surface area contributed by atoms with Crippen molar-refractivity contribution in [3.05, 3.63) is 48.2 Å². The number of rotatable bonds is 5. The molecule has 0 bridgehead atoms. The predicted octanol–water partition coefficient (Wildman–Crippen LogP) is 2.18. The van der Waals surface area contributed by atoms with Gasteiger partial charge in [-0.15, -0.1) is 0 Å². The van der Waals surface area contributed by atoms with Crippen molar-refractivity contribution in [2.75, 3.05) is 38.2 Å². The van der Waals surface area contributed by atoms with Gasteiger partial charge in [-0.2, -0.15) is 0 Å². The number of hydrogen-bond acceptors (Lipinski definition) is 5. The van der Waals surface area contributed by atoms with E-state index in [1.165, 1.54) is 0 Å². The van der Waals surface area contributed by atoms with Crippen molar-refractivity contribution >= 4 is 11.7 Å². The molecule has 2 N–H and O–H groups in total. The molecule has 2 aromatic rings. The molecule has 1 aliphatic heterocycles. The molecule has 1 atom stereocenters. The molecule has 0 aromatic carbocycles. The van der Waals surface area contributed by atoms with Crippen LogP contribution in [0.5, 0.6) is 0 Å². The number of hydrogen-bond donors (Lipinski definition) is 2. The number of aromatic nitrogens is 1. The summed E-state index contributed by atoms with van der Waals surface area (Å²) >= 11 is 0. The minimum absolute atomic E-state index is 0.0118. The first-order valence-electron chi connectivity index (χ1n) is 8.05. The highest BCUT2D eigenvalue weighted by atomic mass is 16.5. The van der Waals surface area contributed by atoms with Crippen molar-refractivity contribution in [2.45, 2.75) is 13.0 Å². The van der Waals surface area contributed by atoms with Gasteiger partial charge in [-0.1, -0.05) is 0 Å². The molecule has 7 heteroatoms. The van der Waals surface area contributed by atoms with Crippen molar-refractivity contribution in [3.8, 4) is 0 Å². The number of urea groups is 1. The summed E-state index contributed by atoms with van der Waals surface area (Å²) in [6, 6.07) is 7.21. The summed E-state index contributed by atoms with van der Waals surface area (Å²) in [5, 5.41) is 5.69. The zero-order chi connectivity index (χ0) is 16.8. The van der Waals surface area contributed by atoms with Crippen LogP contribution in [0.2, 0.25) is 0 Å². The van der Waals surface area contributed by atoms with Crippen LogP contribution < -0.4 is 10.6 Å². The minimum atomic E-state index is -0.260. The fourth-order valence-corrected chi connectivity index (χ4v) is 2.73. The Morgan fingerprint density at radius 3 is 2.83 bits per heavy atom. The standard InChI is InChI=1S/C17H22N4O3/c1-13-4-5-16(24-13)15(21-7-9-23-10-8-21)12-19-17(22)20-14-3-2-6-18-11-14/h2-6,11,15H,7-10,12H2,1H3,(H2,19,20,22)/t15-/m1/s1. The lowest BCUT2D eigenvalue weighted by Gasteiger charge is -2.33. The largest absolute Gasteiger partial charge is 0.465 e. The van der Waals surface area contributed by atoms with Crippen LogP contribution in [0, 0.1) is 6.92 Å². The molecule has 0 aliphatic carbocycles. The zero-order valence-electron chi connectivity index (χ0n) is 13.7. The van der Waals surface area contributed by atoms with Crippen LogP contribution in [-0.4, -0.2) is 48.8 Å². The quantitative estimate of drug-likeness (QED) is 0.878. The SMILES string of the molecule is Cc1ccc([C@@H](CNC(=O)Nc2cccnc2)N2CCOCC2)o1. The van der Waals surface area contributed by atoms with E-state index in [4.69, 9.17) is 9.15 Å². The summed E-state index contributed by atoms with van der Waals surface area (Å²) in [6.07, 6.45) is 3.27. The number of amides is 2. The van der Waals surface area contributed by atoms with E-state index >= 15 is 0 Å². The average Bonchev–Trinajstić information content (AvgIpc) is 3.03. The molecule has 3 rings (SSSR count). The van der Waals surface area contributed by atoms with Gasteiger partial charge in [0.15, 0.2) is 0 Å². The van der Waals surface area contributed by atoms with E-state index in [-0.39, 0.29) is 12.1 Å². The van der Waals surface area contributed by atoms with E-state index in [2.05, 4.69) is 20.5 Å². The van der Waals surface area contributed by atoms with Gasteiger partial charge in [-0.3, -0.25) is 9.88 Å². The number of nitrogens with one attached hydrogen (secondary N) is 2. The molecule has 0 spiro atoms. The first kappa shape index (κ1) is 16.5. The number of ether oxygens (including phenoxy) is 1. The first-order chi connectivity index (χ1) is 11.7. The van der Waals surface area contributed by atoms with Crippen LogP contribution >= 0.6 is 0 Å². The lowest BCUT2D eigenvalue weighted by molar-refractivity contribution is 0.0122. The van der Waals surface area contributed by atoms with Crippen molar-refractivity contribution in [2.24, 2.45) is 0 Å². The molecule has 0 saturated carbocycles. The number of carbonyl (C=O) groups excluding carboxylic acids is 1. The van der Waals surface area contributed by atoms with Gasteiger partial charge in [-0.25, -0.2) is 4.79 Å². The maximum atomic E-state index is 12.1. The van der Waals surface area contributed by atoms with Crippen molar-refractivity contribution in [3.63, 3.8) is 0 Å². The molecule has 7 nitrogen and oxygen atoms in total. The molecule has 0 unspecified atom stereocenters. The van der Waals surface area contributed by atoms with Gasteiger partial charge in [0.1, 0.15) is 11.5 Å². The van der Waals surface area contributed by atoms with E-state index in [1.807, 2.05) is 19.1 Å². The third-order valence-corrected chi connectivity index (χ3v) is 3.95. The minimum Gasteiger partial charge on any atom is -0.465 e. The molecule has 2 amide bonds. The molecular weight excluding hydrogens is 308 g/mol. The first-order valence-corrected chi connectivity index (χ1v) is 8.05. The Hall–Kier alpha value is -2.38. The molecule has 24 heavy (non-hydrogen) atoms. The highest BCUT2D eigenvalue weighted by Gasteiger charge is 2.25. The van der Waals surface area contributed by atoms with Crippen LogP contribution in [-0.2, 0) is 4.74 Å². The molecule has 2 aromatic heterocycles. The van der Waals surface area contributed by atoms with Crippen LogP contribution in [0.4, 0.5) is 10.5 Å². The molecule has 1 saturated heterocycles. The molecule has 0 radical (unpaired) electrons. The summed E-state index contributed by atoms with van der Waals surface area (Å²) < 4.78 is 11.2. The number of anilines is 1. The van der Waals surface area contributed by atoms with Gasteiger partial charge in [0.2, 0.25) is 0 Å². The van der Waals surface area contributed by atoms with Crippen LogP contribution in [0.25, 0.3) is 0 Å². The van der Waals surface area contributed by atoms with Crippen molar-refractivity contribution in [1.82, 2.24) is 15.2 Å². The van der Waals surface area contributed by atoms with E-state index in [0.717, 1.165) is 24.6 Å². The van der Waals surface area contributed by atoms with Gasteiger partial charge in [0, 0.05) is 25.8 Å². The Bertz CT molecular complexity index is 653. The number of pyridine rings is 1. The number of furan rings is 1. The molecule has 128 valence electrons. The lowest BCUT2D eigenvalue weighted by Crippen LogP contribution is -2.44. The second-order valence-electron chi connectivity index (χ2n) is 5.69. The van der Waals surface area contributed by atoms with Gasteiger partial charge < -0.3 is 19.8 Å². The fourth-order valence-electron chi connectivity index (χ4n) is 2.73. The van der Waals surface area contributed by atoms with Crippen LogP contribution in [0.15, 0.2) is 41.1 Å². The van der Waals surface area contributed by atoms with Gasteiger partial charge in [0.05, 0.1) is 31.1 Å². The van der Waals surface area contributed by atoms with Gasteiger partial charge in [0.25, 0.3) is 0 Å². The summed E-state index contributed by atoms with van der Waals surface area (Å²) in [5.74, 6) is 1.72. The fraction of sp³-hybridized carbons (Fsp3) is 0.412. The molecule has 1 fully saturated rings. The smallest absolute Gasteiger partial charge is 0.319 e. The normalized spacial score (nSPS) is 16.5. The van der Waals surface area contributed by atoms with Gasteiger partial charge in [-0.05, 0) is 31.2 Å². The number of aryl methyl sites for hydroxylation is 1. The molecule has 1 aliphatic rings. The highest BCUT2D eigenvalue weighted by Crippen LogP contribution is 2.23. The summed E-state index contributed by atoms with van der Waals surface area (Å²) in [4.78, 5) is 18.4. The van der Waals surface area contributed by atoms with Crippen molar-refractivity contribution in [1.29, 1.82) is 0 Å². The average molecular weight is 330 g/mol. The Morgan fingerprint density at radius 2 is 2.17 bits per heavy atom. The van der Waals surface area contributed by atoms with Crippen LogP contribution in [0.1, 0.15) is 17.6 Å². The van der Waals surface area contributed by atoms with E-state index in [1.54, 1.807) is 24.5 Å².